The van der Waals surface area contributed by atoms with Crippen LogP contribution in [0.2, 0.25) is 0 Å². The van der Waals surface area contributed by atoms with Gasteiger partial charge >= 0.3 is 0 Å². The predicted octanol–water partition coefficient (Wildman–Crippen LogP) is 2.84. The summed E-state index contributed by atoms with van der Waals surface area (Å²) in [6, 6.07) is 6.12. The van der Waals surface area contributed by atoms with E-state index in [2.05, 4.69) is 38.4 Å². The first-order chi connectivity index (χ1) is 9.33. The van der Waals surface area contributed by atoms with Gasteiger partial charge in [0.1, 0.15) is 5.65 Å². The minimum Gasteiger partial charge on any atom is -0.375 e. The number of anilines is 1. The Balaban J connectivity index is 1.99. The molecular weight excluding hydrogens is 306 g/mol. The van der Waals surface area contributed by atoms with Gasteiger partial charge in [-0.3, -0.25) is 0 Å². The summed E-state index contributed by atoms with van der Waals surface area (Å²) in [7, 11) is 0. The van der Waals surface area contributed by atoms with Crippen LogP contribution in [0.15, 0.2) is 24.4 Å². The van der Waals surface area contributed by atoms with Crippen molar-refractivity contribution < 1.29 is 4.74 Å². The minimum absolute atomic E-state index is 0.321. The van der Waals surface area contributed by atoms with Gasteiger partial charge in [-0.15, -0.1) is 0 Å². The Hall–Kier alpha value is -1.07. The molecule has 1 fully saturated rings. The SMILES string of the molecule is CCC1CN(c2nc3ccccn3c2CBr)CCO1. The van der Waals surface area contributed by atoms with Crippen LogP contribution in [0, 0.1) is 0 Å². The van der Waals surface area contributed by atoms with Gasteiger partial charge in [0.2, 0.25) is 0 Å². The number of halogens is 1. The Labute approximate surface area is 121 Å². The lowest BCUT2D eigenvalue weighted by Gasteiger charge is -2.33. The lowest BCUT2D eigenvalue weighted by molar-refractivity contribution is 0.0381. The summed E-state index contributed by atoms with van der Waals surface area (Å²) in [6.07, 6.45) is 3.44. The second-order valence-corrected chi connectivity index (χ2v) is 5.35. The highest BCUT2D eigenvalue weighted by molar-refractivity contribution is 9.08. The van der Waals surface area contributed by atoms with Crippen molar-refractivity contribution in [3.63, 3.8) is 0 Å². The Kier molecular flexibility index (Phi) is 3.75. The van der Waals surface area contributed by atoms with E-state index in [9.17, 15) is 0 Å². The van der Waals surface area contributed by atoms with Gasteiger partial charge in [0.15, 0.2) is 5.82 Å². The summed E-state index contributed by atoms with van der Waals surface area (Å²) in [5, 5.41) is 0.807. The molecule has 0 bridgehead atoms. The standard InChI is InChI=1S/C14H18BrN3O/c1-2-11-10-17(7-8-19-11)14-12(9-15)18-6-4-3-5-13(18)16-14/h3-6,11H,2,7-10H2,1H3. The number of fused-ring (bicyclic) bond motifs is 1. The molecule has 1 aliphatic rings. The van der Waals surface area contributed by atoms with E-state index in [-0.39, 0.29) is 0 Å². The molecule has 5 heteroatoms. The van der Waals surface area contributed by atoms with Gasteiger partial charge in [0, 0.05) is 24.6 Å². The molecule has 2 aromatic heterocycles. The fourth-order valence-corrected chi connectivity index (χ4v) is 3.09. The first-order valence-corrected chi connectivity index (χ1v) is 7.84. The van der Waals surface area contributed by atoms with Crippen molar-refractivity contribution in [3.8, 4) is 0 Å². The largest absolute Gasteiger partial charge is 0.375 e. The van der Waals surface area contributed by atoms with Gasteiger partial charge in [0.25, 0.3) is 0 Å². The van der Waals surface area contributed by atoms with Gasteiger partial charge < -0.3 is 14.0 Å². The summed E-state index contributed by atoms with van der Waals surface area (Å²) >= 11 is 3.59. The monoisotopic (exact) mass is 323 g/mol. The highest BCUT2D eigenvalue weighted by Crippen LogP contribution is 2.26. The molecule has 0 spiro atoms. The van der Waals surface area contributed by atoms with Crippen LogP contribution < -0.4 is 4.90 Å². The predicted molar refractivity (Wildman–Crippen MR) is 80.1 cm³/mol. The maximum atomic E-state index is 5.74. The number of nitrogens with zero attached hydrogens (tertiary/aromatic N) is 3. The molecule has 4 nitrogen and oxygen atoms in total. The van der Waals surface area contributed by atoms with Gasteiger partial charge in [-0.05, 0) is 18.6 Å². The lowest BCUT2D eigenvalue weighted by atomic mass is 10.2. The van der Waals surface area contributed by atoms with Crippen molar-refractivity contribution in [1.82, 2.24) is 9.38 Å². The van der Waals surface area contributed by atoms with Crippen molar-refractivity contribution in [2.75, 3.05) is 24.6 Å². The first-order valence-electron chi connectivity index (χ1n) is 6.72. The lowest BCUT2D eigenvalue weighted by Crippen LogP contribution is -2.42. The van der Waals surface area contributed by atoms with E-state index in [0.29, 0.717) is 6.10 Å². The van der Waals surface area contributed by atoms with Crippen molar-refractivity contribution in [2.24, 2.45) is 0 Å². The molecule has 3 heterocycles. The normalized spacial score (nSPS) is 20.1. The van der Waals surface area contributed by atoms with E-state index in [1.165, 1.54) is 5.69 Å². The third-order valence-corrected chi connectivity index (χ3v) is 4.16. The summed E-state index contributed by atoms with van der Waals surface area (Å²) < 4.78 is 7.89. The Morgan fingerprint density at radius 2 is 2.37 bits per heavy atom. The molecule has 2 aromatic rings. The maximum absolute atomic E-state index is 5.74. The molecule has 1 unspecified atom stereocenters. The zero-order valence-electron chi connectivity index (χ0n) is 11.1. The molecule has 102 valence electrons. The fraction of sp³-hybridized carbons (Fsp3) is 0.500. The molecule has 19 heavy (non-hydrogen) atoms. The highest BCUT2D eigenvalue weighted by Gasteiger charge is 2.23. The average molecular weight is 324 g/mol. The number of ether oxygens (including phenoxy) is 1. The number of imidazole rings is 1. The van der Waals surface area contributed by atoms with E-state index in [1.807, 2.05) is 18.2 Å². The van der Waals surface area contributed by atoms with Crippen molar-refractivity contribution >= 4 is 27.4 Å². The van der Waals surface area contributed by atoms with E-state index >= 15 is 0 Å². The smallest absolute Gasteiger partial charge is 0.152 e. The molecule has 0 radical (unpaired) electrons. The van der Waals surface area contributed by atoms with Crippen LogP contribution in [-0.4, -0.2) is 35.2 Å². The third kappa shape index (κ3) is 2.37. The van der Waals surface area contributed by atoms with Crippen molar-refractivity contribution in [1.29, 1.82) is 0 Å². The van der Waals surface area contributed by atoms with Crippen LogP contribution in [0.5, 0.6) is 0 Å². The van der Waals surface area contributed by atoms with E-state index in [0.717, 1.165) is 42.9 Å². The quantitative estimate of drug-likeness (QED) is 0.813. The van der Waals surface area contributed by atoms with E-state index in [4.69, 9.17) is 9.72 Å². The molecule has 1 atom stereocenters. The number of aromatic nitrogens is 2. The molecule has 1 aliphatic heterocycles. The number of morpholine rings is 1. The van der Waals surface area contributed by atoms with Crippen LogP contribution in [0.3, 0.4) is 0 Å². The first kappa shape index (κ1) is 12.9. The maximum Gasteiger partial charge on any atom is 0.152 e. The van der Waals surface area contributed by atoms with Gasteiger partial charge in [-0.1, -0.05) is 28.9 Å². The molecule has 0 amide bonds. The third-order valence-electron chi connectivity index (χ3n) is 3.63. The number of hydrogen-bond acceptors (Lipinski definition) is 3. The zero-order valence-corrected chi connectivity index (χ0v) is 12.6. The summed E-state index contributed by atoms with van der Waals surface area (Å²) in [6.45, 7) is 4.80. The second kappa shape index (κ2) is 5.51. The van der Waals surface area contributed by atoms with Gasteiger partial charge in [-0.2, -0.15) is 0 Å². The Morgan fingerprint density at radius 1 is 1.47 bits per heavy atom. The van der Waals surface area contributed by atoms with Crippen molar-refractivity contribution in [3.05, 3.63) is 30.1 Å². The molecule has 0 saturated carbocycles. The molecule has 0 N–H and O–H groups in total. The number of alkyl halides is 1. The Morgan fingerprint density at radius 3 is 3.16 bits per heavy atom. The summed E-state index contributed by atoms with van der Waals surface area (Å²) in [4.78, 5) is 7.13. The van der Waals surface area contributed by atoms with Crippen LogP contribution >= 0.6 is 15.9 Å². The van der Waals surface area contributed by atoms with E-state index < -0.39 is 0 Å². The number of pyridine rings is 1. The molecule has 1 saturated heterocycles. The van der Waals surface area contributed by atoms with Crippen LogP contribution in [0.4, 0.5) is 5.82 Å². The zero-order chi connectivity index (χ0) is 13.2. The fourth-order valence-electron chi connectivity index (χ4n) is 2.57. The second-order valence-electron chi connectivity index (χ2n) is 4.79. The summed E-state index contributed by atoms with van der Waals surface area (Å²) in [5.74, 6) is 1.09. The Bertz CT molecular complexity index is 569. The van der Waals surface area contributed by atoms with E-state index in [1.54, 1.807) is 0 Å². The molecule has 0 aliphatic carbocycles. The topological polar surface area (TPSA) is 29.8 Å². The van der Waals surface area contributed by atoms with Gasteiger partial charge in [0.05, 0.1) is 18.4 Å². The minimum atomic E-state index is 0.321. The average Bonchev–Trinajstić information content (AvgIpc) is 2.86. The number of rotatable bonds is 3. The summed E-state index contributed by atoms with van der Waals surface area (Å²) in [5.41, 5.74) is 2.22. The van der Waals surface area contributed by atoms with Crippen molar-refractivity contribution in [2.45, 2.75) is 24.8 Å². The van der Waals surface area contributed by atoms with Gasteiger partial charge in [-0.25, -0.2) is 4.98 Å². The van der Waals surface area contributed by atoms with Crippen LogP contribution in [-0.2, 0) is 10.1 Å². The molecule has 3 rings (SSSR count). The molecular formula is C14H18BrN3O. The molecule has 0 aromatic carbocycles. The van der Waals surface area contributed by atoms with Crippen LogP contribution in [0.1, 0.15) is 19.0 Å². The van der Waals surface area contributed by atoms with Crippen LogP contribution in [0.25, 0.3) is 5.65 Å². The highest BCUT2D eigenvalue weighted by atomic mass is 79.9. The number of hydrogen-bond donors (Lipinski definition) is 0.